The van der Waals surface area contributed by atoms with Crippen molar-refractivity contribution in [3.05, 3.63) is 23.3 Å². The summed E-state index contributed by atoms with van der Waals surface area (Å²) in [5.41, 5.74) is 0.867. The standard InChI is InChI=1S/C28H46O4/c1-21(2)9-7-11-23(5)13-15-31-27-17-26(20-30)28(18-25(27)19-29)32-16-14-24(6)12-8-10-22(3)4/h17-24H,7-16H2,1-6H3/t23-,24-/m1/s1. The highest BCUT2D eigenvalue weighted by Crippen LogP contribution is 2.28. The van der Waals surface area contributed by atoms with Crippen molar-refractivity contribution in [1.82, 2.24) is 0 Å². The fraction of sp³-hybridized carbons (Fsp3) is 0.714. The second kappa shape index (κ2) is 15.9. The van der Waals surface area contributed by atoms with Gasteiger partial charge in [0.2, 0.25) is 0 Å². The molecule has 0 radical (unpaired) electrons. The highest BCUT2D eigenvalue weighted by atomic mass is 16.5. The van der Waals surface area contributed by atoms with Gasteiger partial charge in [-0.05, 0) is 48.6 Å². The van der Waals surface area contributed by atoms with Crippen molar-refractivity contribution in [3.63, 3.8) is 0 Å². The number of hydrogen-bond donors (Lipinski definition) is 0. The zero-order valence-electron chi connectivity index (χ0n) is 21.3. The van der Waals surface area contributed by atoms with E-state index in [1.807, 2.05) is 0 Å². The van der Waals surface area contributed by atoms with Crippen molar-refractivity contribution in [2.24, 2.45) is 23.7 Å². The van der Waals surface area contributed by atoms with E-state index in [0.717, 1.165) is 37.2 Å². The first-order valence-corrected chi connectivity index (χ1v) is 12.6. The molecule has 4 nitrogen and oxygen atoms in total. The Kier molecular flexibility index (Phi) is 14.0. The average molecular weight is 447 g/mol. The van der Waals surface area contributed by atoms with Crippen LogP contribution in [0, 0.1) is 23.7 Å². The molecule has 0 fully saturated rings. The number of ether oxygens (including phenoxy) is 2. The molecule has 182 valence electrons. The van der Waals surface area contributed by atoms with Crippen LogP contribution in [0.1, 0.15) is 114 Å². The molecular weight excluding hydrogens is 400 g/mol. The van der Waals surface area contributed by atoms with Gasteiger partial charge >= 0.3 is 0 Å². The second-order valence-corrected chi connectivity index (χ2v) is 10.3. The first-order valence-electron chi connectivity index (χ1n) is 12.6. The molecule has 0 unspecified atom stereocenters. The molecule has 0 saturated heterocycles. The lowest BCUT2D eigenvalue weighted by molar-refractivity contribution is 0.110. The summed E-state index contributed by atoms with van der Waals surface area (Å²) in [7, 11) is 0. The minimum Gasteiger partial charge on any atom is -0.493 e. The van der Waals surface area contributed by atoms with Crippen LogP contribution < -0.4 is 9.47 Å². The summed E-state index contributed by atoms with van der Waals surface area (Å²) in [5, 5.41) is 0. The molecule has 2 atom stereocenters. The molecule has 0 aliphatic carbocycles. The summed E-state index contributed by atoms with van der Waals surface area (Å²) >= 11 is 0. The fourth-order valence-electron chi connectivity index (χ4n) is 3.80. The van der Waals surface area contributed by atoms with Crippen LogP contribution in [0.3, 0.4) is 0 Å². The smallest absolute Gasteiger partial charge is 0.153 e. The lowest BCUT2D eigenvalue weighted by atomic mass is 9.97. The zero-order valence-corrected chi connectivity index (χ0v) is 21.3. The first-order chi connectivity index (χ1) is 15.3. The number of rotatable bonds is 18. The lowest BCUT2D eigenvalue weighted by Gasteiger charge is -2.16. The van der Waals surface area contributed by atoms with Crippen molar-refractivity contribution in [3.8, 4) is 11.5 Å². The monoisotopic (exact) mass is 446 g/mol. The molecule has 0 aliphatic rings. The Balaban J connectivity index is 2.57. The predicted molar refractivity (Wildman–Crippen MR) is 133 cm³/mol. The van der Waals surface area contributed by atoms with Gasteiger partial charge < -0.3 is 9.47 Å². The van der Waals surface area contributed by atoms with Crippen molar-refractivity contribution >= 4 is 12.6 Å². The zero-order chi connectivity index (χ0) is 23.9. The third-order valence-electron chi connectivity index (χ3n) is 6.09. The Labute approximate surface area is 196 Å². The van der Waals surface area contributed by atoms with E-state index >= 15 is 0 Å². The third kappa shape index (κ3) is 11.7. The molecule has 32 heavy (non-hydrogen) atoms. The summed E-state index contributed by atoms with van der Waals surface area (Å²) in [4.78, 5) is 23.2. The molecule has 0 saturated carbocycles. The van der Waals surface area contributed by atoms with Crippen LogP contribution >= 0.6 is 0 Å². The van der Waals surface area contributed by atoms with Crippen LogP contribution in [-0.2, 0) is 0 Å². The molecule has 0 amide bonds. The van der Waals surface area contributed by atoms with E-state index in [-0.39, 0.29) is 0 Å². The van der Waals surface area contributed by atoms with Crippen LogP contribution in [0.15, 0.2) is 12.1 Å². The molecule has 0 aliphatic heterocycles. The average Bonchev–Trinajstić information content (AvgIpc) is 2.73. The third-order valence-corrected chi connectivity index (χ3v) is 6.09. The Bertz CT molecular complexity index is 608. The minimum atomic E-state index is 0.433. The van der Waals surface area contributed by atoms with E-state index in [0.29, 0.717) is 47.7 Å². The Morgan fingerprint density at radius 2 is 1.00 bits per heavy atom. The van der Waals surface area contributed by atoms with Crippen LogP contribution in [-0.4, -0.2) is 25.8 Å². The van der Waals surface area contributed by atoms with E-state index in [4.69, 9.17) is 9.47 Å². The van der Waals surface area contributed by atoms with Crippen LogP contribution in [0.5, 0.6) is 11.5 Å². The normalized spacial score (nSPS) is 13.2. The number of carbonyl (C=O) groups is 2. The van der Waals surface area contributed by atoms with Crippen LogP contribution in [0.2, 0.25) is 0 Å². The van der Waals surface area contributed by atoms with Crippen molar-refractivity contribution in [2.45, 2.75) is 92.9 Å². The van der Waals surface area contributed by atoms with E-state index in [1.165, 1.54) is 38.5 Å². The van der Waals surface area contributed by atoms with Gasteiger partial charge in [0.05, 0.1) is 24.3 Å². The quantitative estimate of drug-likeness (QED) is 0.216. The Morgan fingerprint density at radius 1 is 0.625 bits per heavy atom. The molecule has 0 spiro atoms. The second-order valence-electron chi connectivity index (χ2n) is 10.3. The molecule has 4 heteroatoms. The molecule has 0 bridgehead atoms. The summed E-state index contributed by atoms with van der Waals surface area (Å²) in [6.07, 6.45) is 10.7. The summed E-state index contributed by atoms with van der Waals surface area (Å²) in [6.45, 7) is 14.6. The Morgan fingerprint density at radius 3 is 1.31 bits per heavy atom. The fourth-order valence-corrected chi connectivity index (χ4v) is 3.80. The van der Waals surface area contributed by atoms with Gasteiger partial charge in [0.15, 0.2) is 12.6 Å². The minimum absolute atomic E-state index is 0.433. The van der Waals surface area contributed by atoms with Gasteiger partial charge in [-0.25, -0.2) is 0 Å². The number of hydrogen-bond acceptors (Lipinski definition) is 4. The van der Waals surface area contributed by atoms with E-state index in [9.17, 15) is 9.59 Å². The molecular formula is C28H46O4. The van der Waals surface area contributed by atoms with Crippen molar-refractivity contribution in [2.75, 3.05) is 13.2 Å². The lowest BCUT2D eigenvalue weighted by Crippen LogP contribution is -2.08. The predicted octanol–water partition coefficient (Wildman–Crippen LogP) is 7.77. The summed E-state index contributed by atoms with van der Waals surface area (Å²) < 4.78 is 11.8. The topological polar surface area (TPSA) is 52.6 Å². The number of benzene rings is 1. The van der Waals surface area contributed by atoms with Gasteiger partial charge in [0.1, 0.15) is 11.5 Å². The van der Waals surface area contributed by atoms with E-state index in [2.05, 4.69) is 41.5 Å². The molecule has 1 aromatic rings. The van der Waals surface area contributed by atoms with Crippen LogP contribution in [0.4, 0.5) is 0 Å². The van der Waals surface area contributed by atoms with Crippen molar-refractivity contribution < 1.29 is 19.1 Å². The molecule has 1 rings (SSSR count). The van der Waals surface area contributed by atoms with Gasteiger partial charge in [0, 0.05) is 0 Å². The summed E-state index contributed by atoms with van der Waals surface area (Å²) in [5.74, 6) is 3.55. The molecule has 0 N–H and O–H groups in total. The van der Waals surface area contributed by atoms with E-state index in [1.54, 1.807) is 12.1 Å². The SMILES string of the molecule is CC(C)CCC[C@@H](C)CCOc1cc(C=O)c(OCC[C@H](C)CCCC(C)C)cc1C=O. The van der Waals surface area contributed by atoms with Gasteiger partial charge in [-0.3, -0.25) is 9.59 Å². The molecule has 0 heterocycles. The number of aldehydes is 2. The van der Waals surface area contributed by atoms with Crippen molar-refractivity contribution in [1.29, 1.82) is 0 Å². The maximum atomic E-state index is 11.6. The molecule has 1 aromatic carbocycles. The van der Waals surface area contributed by atoms with Gasteiger partial charge in [-0.2, -0.15) is 0 Å². The van der Waals surface area contributed by atoms with E-state index < -0.39 is 0 Å². The largest absolute Gasteiger partial charge is 0.493 e. The van der Waals surface area contributed by atoms with Crippen LogP contribution in [0.25, 0.3) is 0 Å². The maximum Gasteiger partial charge on any atom is 0.153 e. The highest BCUT2D eigenvalue weighted by Gasteiger charge is 2.13. The Hall–Kier alpha value is -1.84. The van der Waals surface area contributed by atoms with Gasteiger partial charge in [-0.15, -0.1) is 0 Å². The number of carbonyl (C=O) groups excluding carboxylic acids is 2. The highest BCUT2D eigenvalue weighted by molar-refractivity contribution is 5.87. The molecule has 0 aromatic heterocycles. The first kappa shape index (κ1) is 28.2. The summed E-state index contributed by atoms with van der Waals surface area (Å²) in [6, 6.07) is 3.28. The maximum absolute atomic E-state index is 11.6. The van der Waals surface area contributed by atoms with Gasteiger partial charge in [-0.1, -0.05) is 80.1 Å². The van der Waals surface area contributed by atoms with Gasteiger partial charge in [0.25, 0.3) is 0 Å².